The van der Waals surface area contributed by atoms with Crippen LogP contribution in [0.2, 0.25) is 10.0 Å². The number of halogens is 2. The molecule has 0 saturated heterocycles. The minimum atomic E-state index is -3.87. The van der Waals surface area contributed by atoms with Gasteiger partial charge in [0.1, 0.15) is 0 Å². The van der Waals surface area contributed by atoms with Gasteiger partial charge in [0, 0.05) is 23.1 Å². The predicted molar refractivity (Wildman–Crippen MR) is 99.2 cm³/mol. The summed E-state index contributed by atoms with van der Waals surface area (Å²) in [5, 5.41) is 3.55. The van der Waals surface area contributed by atoms with E-state index < -0.39 is 10.0 Å². The van der Waals surface area contributed by atoms with Gasteiger partial charge in [0.25, 0.3) is 0 Å². The van der Waals surface area contributed by atoms with Gasteiger partial charge in [-0.2, -0.15) is 4.31 Å². The highest BCUT2D eigenvalue weighted by Gasteiger charge is 2.26. The van der Waals surface area contributed by atoms with Crippen molar-refractivity contribution in [1.29, 1.82) is 0 Å². The number of nitrogens with zero attached hydrogens (tertiary/aromatic N) is 1. The fourth-order valence-corrected chi connectivity index (χ4v) is 3.96. The molecule has 0 aromatic heterocycles. The maximum absolute atomic E-state index is 12.9. The molecular weight excluding hydrogens is 383 g/mol. The highest BCUT2D eigenvalue weighted by Crippen LogP contribution is 2.21. The Morgan fingerprint density at radius 1 is 1.08 bits per heavy atom. The van der Waals surface area contributed by atoms with Crippen LogP contribution in [0.5, 0.6) is 0 Å². The van der Waals surface area contributed by atoms with Crippen molar-refractivity contribution in [3.05, 3.63) is 64.1 Å². The number of carbonyl (C=O) groups is 1. The third-order valence-corrected chi connectivity index (χ3v) is 5.69. The number of hydrogen-bond donors (Lipinski definition) is 1. The Morgan fingerprint density at radius 2 is 1.76 bits per heavy atom. The van der Waals surface area contributed by atoms with Gasteiger partial charge in [-0.1, -0.05) is 35.3 Å². The average molecular weight is 401 g/mol. The zero-order chi connectivity index (χ0) is 18.4. The lowest BCUT2D eigenvalue weighted by Gasteiger charge is -2.22. The van der Waals surface area contributed by atoms with Gasteiger partial charge in [-0.15, -0.1) is 0 Å². The van der Waals surface area contributed by atoms with E-state index in [1.165, 1.54) is 24.3 Å². The summed E-state index contributed by atoms with van der Waals surface area (Å²) in [4.78, 5) is 12.1. The molecule has 1 amide bonds. The van der Waals surface area contributed by atoms with Crippen LogP contribution in [0.25, 0.3) is 0 Å². The molecule has 0 spiro atoms. The monoisotopic (exact) mass is 400 g/mol. The van der Waals surface area contributed by atoms with Crippen LogP contribution in [0, 0.1) is 0 Å². The van der Waals surface area contributed by atoms with Crippen molar-refractivity contribution < 1.29 is 13.2 Å². The quantitative estimate of drug-likeness (QED) is 0.774. The maximum atomic E-state index is 12.9. The summed E-state index contributed by atoms with van der Waals surface area (Å²) in [6, 6.07) is 12.7. The van der Waals surface area contributed by atoms with Gasteiger partial charge >= 0.3 is 0 Å². The number of nitrogens with one attached hydrogen (secondary N) is 1. The number of carbonyl (C=O) groups excluding carboxylic acids is 1. The molecule has 0 fully saturated rings. The van der Waals surface area contributed by atoms with Crippen molar-refractivity contribution in [2.75, 3.05) is 13.1 Å². The number of benzene rings is 2. The second-order valence-corrected chi connectivity index (χ2v) is 8.12. The zero-order valence-corrected chi connectivity index (χ0v) is 15.9. The van der Waals surface area contributed by atoms with Crippen LogP contribution in [0.3, 0.4) is 0 Å². The number of rotatable bonds is 7. The van der Waals surface area contributed by atoms with Crippen LogP contribution in [-0.4, -0.2) is 31.7 Å². The van der Waals surface area contributed by atoms with Crippen molar-refractivity contribution >= 4 is 39.1 Å². The van der Waals surface area contributed by atoms with E-state index in [-0.39, 0.29) is 23.9 Å². The third-order valence-electron chi connectivity index (χ3n) is 3.39. The van der Waals surface area contributed by atoms with E-state index in [1.54, 1.807) is 31.2 Å². The van der Waals surface area contributed by atoms with E-state index in [0.717, 1.165) is 4.31 Å². The van der Waals surface area contributed by atoms with Gasteiger partial charge in [0.15, 0.2) is 0 Å². The SMILES string of the molecule is CCNC(=O)CN(Cc1cccc(Cl)c1)S(=O)(=O)c1ccc(Cl)cc1. The van der Waals surface area contributed by atoms with E-state index in [0.29, 0.717) is 22.2 Å². The van der Waals surface area contributed by atoms with Gasteiger partial charge in [-0.25, -0.2) is 8.42 Å². The lowest BCUT2D eigenvalue weighted by Crippen LogP contribution is -2.40. The lowest BCUT2D eigenvalue weighted by atomic mass is 10.2. The fourth-order valence-electron chi connectivity index (χ4n) is 2.23. The van der Waals surface area contributed by atoms with Gasteiger partial charge in [0.2, 0.25) is 15.9 Å². The molecule has 134 valence electrons. The largest absolute Gasteiger partial charge is 0.355 e. The second kappa shape index (κ2) is 8.67. The molecule has 0 aliphatic heterocycles. The number of likely N-dealkylation sites (N-methyl/N-ethyl adjacent to an activating group) is 1. The van der Waals surface area contributed by atoms with Crippen LogP contribution in [0.4, 0.5) is 0 Å². The summed E-state index contributed by atoms with van der Waals surface area (Å²) in [6.45, 7) is 1.94. The van der Waals surface area contributed by atoms with E-state index in [4.69, 9.17) is 23.2 Å². The Bertz CT molecular complexity index is 839. The smallest absolute Gasteiger partial charge is 0.243 e. The molecule has 2 aromatic rings. The molecule has 5 nitrogen and oxygen atoms in total. The van der Waals surface area contributed by atoms with Crippen LogP contribution in [-0.2, 0) is 21.4 Å². The summed E-state index contributed by atoms with van der Waals surface area (Å²) in [5.41, 5.74) is 0.689. The molecular formula is C17H18Cl2N2O3S. The normalized spacial score (nSPS) is 11.5. The fraction of sp³-hybridized carbons (Fsp3) is 0.235. The minimum absolute atomic E-state index is 0.0304. The Morgan fingerprint density at radius 3 is 2.36 bits per heavy atom. The van der Waals surface area contributed by atoms with Gasteiger partial charge < -0.3 is 5.32 Å². The van der Waals surface area contributed by atoms with Crippen molar-refractivity contribution in [2.45, 2.75) is 18.4 Å². The molecule has 0 aliphatic carbocycles. The molecule has 8 heteroatoms. The molecule has 1 N–H and O–H groups in total. The number of sulfonamides is 1. The molecule has 0 aliphatic rings. The Balaban J connectivity index is 2.35. The summed E-state index contributed by atoms with van der Waals surface area (Å²) in [6.07, 6.45) is 0. The Labute approximate surface area is 157 Å². The first-order chi connectivity index (χ1) is 11.8. The summed E-state index contributed by atoms with van der Waals surface area (Å²) >= 11 is 11.8. The second-order valence-electron chi connectivity index (χ2n) is 5.31. The molecule has 25 heavy (non-hydrogen) atoms. The molecule has 0 heterocycles. The molecule has 2 rings (SSSR count). The van der Waals surface area contributed by atoms with E-state index in [9.17, 15) is 13.2 Å². The summed E-state index contributed by atoms with van der Waals surface area (Å²) in [5.74, 6) is -0.373. The first kappa shape index (κ1) is 19.7. The van der Waals surface area contributed by atoms with Crippen molar-refractivity contribution in [1.82, 2.24) is 9.62 Å². The first-order valence-electron chi connectivity index (χ1n) is 7.60. The van der Waals surface area contributed by atoms with Crippen molar-refractivity contribution in [3.63, 3.8) is 0 Å². The van der Waals surface area contributed by atoms with Gasteiger partial charge in [-0.3, -0.25) is 4.79 Å². The van der Waals surface area contributed by atoms with E-state index in [2.05, 4.69) is 5.32 Å². The summed E-state index contributed by atoms with van der Waals surface area (Å²) < 4.78 is 27.0. The minimum Gasteiger partial charge on any atom is -0.355 e. The van der Waals surface area contributed by atoms with Crippen LogP contribution >= 0.6 is 23.2 Å². The standard InChI is InChI=1S/C17H18Cl2N2O3S/c1-2-20-17(22)12-21(11-13-4-3-5-15(19)10-13)25(23,24)16-8-6-14(18)7-9-16/h3-10H,2,11-12H2,1H3,(H,20,22). The molecule has 0 bridgehead atoms. The molecule has 0 unspecified atom stereocenters. The van der Waals surface area contributed by atoms with Crippen molar-refractivity contribution in [2.24, 2.45) is 0 Å². The van der Waals surface area contributed by atoms with Crippen LogP contribution in [0.15, 0.2) is 53.4 Å². The Hall–Kier alpha value is -1.60. The van der Waals surface area contributed by atoms with Gasteiger partial charge in [0.05, 0.1) is 11.4 Å². The van der Waals surface area contributed by atoms with Crippen molar-refractivity contribution in [3.8, 4) is 0 Å². The number of hydrogen-bond acceptors (Lipinski definition) is 3. The first-order valence-corrected chi connectivity index (χ1v) is 9.79. The highest BCUT2D eigenvalue weighted by molar-refractivity contribution is 7.89. The number of amides is 1. The predicted octanol–water partition coefficient (Wildman–Crippen LogP) is 3.32. The Kier molecular flexibility index (Phi) is 6.84. The topological polar surface area (TPSA) is 66.5 Å². The van der Waals surface area contributed by atoms with E-state index >= 15 is 0 Å². The zero-order valence-electron chi connectivity index (χ0n) is 13.6. The lowest BCUT2D eigenvalue weighted by molar-refractivity contribution is -0.121. The molecule has 0 radical (unpaired) electrons. The molecule has 0 saturated carbocycles. The van der Waals surface area contributed by atoms with E-state index in [1.807, 2.05) is 0 Å². The molecule has 0 atom stereocenters. The van der Waals surface area contributed by atoms with Crippen LogP contribution < -0.4 is 5.32 Å². The maximum Gasteiger partial charge on any atom is 0.243 e. The van der Waals surface area contributed by atoms with Crippen LogP contribution in [0.1, 0.15) is 12.5 Å². The third kappa shape index (κ3) is 5.44. The average Bonchev–Trinajstić information content (AvgIpc) is 2.55. The summed E-state index contributed by atoms with van der Waals surface area (Å²) in [7, 11) is -3.87. The van der Waals surface area contributed by atoms with Gasteiger partial charge in [-0.05, 0) is 48.9 Å². The highest BCUT2D eigenvalue weighted by atomic mass is 35.5. The molecule has 2 aromatic carbocycles.